The lowest BCUT2D eigenvalue weighted by Crippen LogP contribution is -2.57. The molecule has 2 saturated carbocycles. The van der Waals surface area contributed by atoms with Crippen LogP contribution >= 0.6 is 0 Å². The van der Waals surface area contributed by atoms with Crippen LogP contribution in [0.5, 0.6) is 0 Å². The van der Waals surface area contributed by atoms with Crippen LogP contribution in [0, 0.1) is 28.6 Å². The first-order valence-electron chi connectivity index (χ1n) is 10.8. The Morgan fingerprint density at radius 2 is 1.88 bits per heavy atom. The molecule has 1 amide bonds. The number of hydrogen-bond acceptors (Lipinski definition) is 2. The molecule has 5 atom stereocenters. The average molecular weight is 358 g/mol. The van der Waals surface area contributed by atoms with Crippen molar-refractivity contribution in [3.05, 3.63) is 11.1 Å². The number of carbonyl (C=O) groups excluding carboxylic acids is 2. The number of allylic oxidation sites excluding steroid dienone is 2. The number of nitrogens with one attached hydrogen (secondary N) is 1. The second kappa shape index (κ2) is 6.21. The molecule has 3 heteroatoms. The van der Waals surface area contributed by atoms with E-state index in [0.29, 0.717) is 30.1 Å². The molecule has 0 aromatic carbocycles. The van der Waals surface area contributed by atoms with Crippen molar-refractivity contribution >= 4 is 11.7 Å². The topological polar surface area (TPSA) is 46.2 Å². The van der Waals surface area contributed by atoms with E-state index in [4.69, 9.17) is 0 Å². The molecule has 0 aromatic heterocycles. The first-order chi connectivity index (χ1) is 12.3. The SMILES string of the molecule is CC(C)CC(=O)C1CCC2=C3CCC4NC(=O)CC[C@]4(C)[C@@H]3CC[C@@]21C. The molecule has 26 heavy (non-hydrogen) atoms. The van der Waals surface area contributed by atoms with E-state index in [1.165, 1.54) is 6.42 Å². The number of fused-ring (bicyclic) bond motifs is 4. The van der Waals surface area contributed by atoms with Crippen molar-refractivity contribution in [2.75, 3.05) is 0 Å². The van der Waals surface area contributed by atoms with Crippen LogP contribution in [0.15, 0.2) is 11.1 Å². The fraction of sp³-hybridized carbons (Fsp3) is 0.826. The molecule has 3 nitrogen and oxygen atoms in total. The Morgan fingerprint density at radius 3 is 2.62 bits per heavy atom. The molecule has 1 heterocycles. The van der Waals surface area contributed by atoms with E-state index in [9.17, 15) is 9.59 Å². The van der Waals surface area contributed by atoms with Gasteiger partial charge in [-0.3, -0.25) is 9.59 Å². The van der Waals surface area contributed by atoms with Gasteiger partial charge in [-0.15, -0.1) is 0 Å². The molecular formula is C23H35NO2. The second-order valence-electron chi connectivity index (χ2n) is 10.3. The summed E-state index contributed by atoms with van der Waals surface area (Å²) in [6.45, 7) is 9.12. The van der Waals surface area contributed by atoms with Gasteiger partial charge in [0, 0.05) is 24.8 Å². The zero-order valence-corrected chi connectivity index (χ0v) is 17.0. The molecule has 144 valence electrons. The molecule has 1 saturated heterocycles. The highest BCUT2D eigenvalue weighted by Crippen LogP contribution is 2.62. The molecule has 0 spiro atoms. The minimum absolute atomic E-state index is 0.110. The van der Waals surface area contributed by atoms with Crippen LogP contribution in [0.2, 0.25) is 0 Å². The molecule has 0 aromatic rings. The summed E-state index contributed by atoms with van der Waals surface area (Å²) in [4.78, 5) is 24.8. The van der Waals surface area contributed by atoms with Crippen molar-refractivity contribution in [2.24, 2.45) is 28.6 Å². The highest BCUT2D eigenvalue weighted by molar-refractivity contribution is 5.83. The Kier molecular flexibility index (Phi) is 4.36. The molecule has 0 radical (unpaired) electrons. The molecule has 0 bridgehead atoms. The van der Waals surface area contributed by atoms with E-state index >= 15 is 0 Å². The van der Waals surface area contributed by atoms with Gasteiger partial charge >= 0.3 is 0 Å². The van der Waals surface area contributed by atoms with Gasteiger partial charge in [-0.25, -0.2) is 0 Å². The maximum Gasteiger partial charge on any atom is 0.220 e. The Bertz CT molecular complexity index is 663. The van der Waals surface area contributed by atoms with Crippen molar-refractivity contribution < 1.29 is 9.59 Å². The fourth-order valence-corrected chi connectivity index (χ4v) is 7.01. The van der Waals surface area contributed by atoms with Crippen molar-refractivity contribution in [1.82, 2.24) is 5.32 Å². The van der Waals surface area contributed by atoms with Crippen LogP contribution < -0.4 is 5.32 Å². The van der Waals surface area contributed by atoms with E-state index in [-0.39, 0.29) is 22.7 Å². The van der Waals surface area contributed by atoms with Crippen LogP contribution in [-0.4, -0.2) is 17.7 Å². The van der Waals surface area contributed by atoms with Crippen LogP contribution in [-0.2, 0) is 9.59 Å². The molecule has 4 rings (SSSR count). The molecule has 1 N–H and O–H groups in total. The van der Waals surface area contributed by atoms with E-state index in [2.05, 4.69) is 33.0 Å². The van der Waals surface area contributed by atoms with Gasteiger partial charge in [0.15, 0.2) is 0 Å². The summed E-state index contributed by atoms with van der Waals surface area (Å²) < 4.78 is 0. The predicted octanol–water partition coefficient (Wildman–Crippen LogP) is 4.80. The number of amides is 1. The molecule has 1 aliphatic heterocycles. The third-order valence-corrected chi connectivity index (χ3v) is 8.42. The van der Waals surface area contributed by atoms with E-state index in [0.717, 1.165) is 44.9 Å². The molecule has 4 aliphatic rings. The van der Waals surface area contributed by atoms with Crippen LogP contribution in [0.25, 0.3) is 0 Å². The number of ketones is 1. The number of hydrogen-bond donors (Lipinski definition) is 1. The van der Waals surface area contributed by atoms with Gasteiger partial charge in [-0.05, 0) is 67.6 Å². The standard InChI is InChI=1S/C23H35NO2/c1-14(2)13-19(25)18-7-6-16-15-5-8-20-23(4,12-10-21(26)24-20)17(15)9-11-22(16,18)3/h14,17-18,20H,5-13H2,1-4H3,(H,24,26)/t17-,18?,20?,22+,23-/m1/s1. The summed E-state index contributed by atoms with van der Waals surface area (Å²) in [5.74, 6) is 2.05. The zero-order valence-electron chi connectivity index (χ0n) is 17.0. The van der Waals surface area contributed by atoms with Crippen molar-refractivity contribution in [2.45, 2.75) is 91.5 Å². The van der Waals surface area contributed by atoms with Gasteiger partial charge in [0.05, 0.1) is 0 Å². The first kappa shape index (κ1) is 18.3. The number of carbonyl (C=O) groups is 2. The predicted molar refractivity (Wildman–Crippen MR) is 104 cm³/mol. The lowest BCUT2D eigenvalue weighted by Gasteiger charge is -2.55. The van der Waals surface area contributed by atoms with E-state index < -0.39 is 0 Å². The fourth-order valence-electron chi connectivity index (χ4n) is 7.01. The number of piperidine rings is 1. The van der Waals surface area contributed by atoms with Crippen molar-refractivity contribution in [3.63, 3.8) is 0 Å². The van der Waals surface area contributed by atoms with E-state index in [1.807, 2.05) is 0 Å². The summed E-state index contributed by atoms with van der Waals surface area (Å²) in [6, 6.07) is 0.349. The third kappa shape index (κ3) is 2.60. The molecule has 3 aliphatic carbocycles. The van der Waals surface area contributed by atoms with Gasteiger partial charge in [-0.1, -0.05) is 38.8 Å². The van der Waals surface area contributed by atoms with Gasteiger partial charge in [0.2, 0.25) is 5.91 Å². The maximum absolute atomic E-state index is 12.9. The smallest absolute Gasteiger partial charge is 0.220 e. The Labute approximate surface area is 158 Å². The van der Waals surface area contributed by atoms with Gasteiger partial charge in [-0.2, -0.15) is 0 Å². The minimum Gasteiger partial charge on any atom is -0.353 e. The minimum atomic E-state index is 0.110. The van der Waals surface area contributed by atoms with Crippen LogP contribution in [0.4, 0.5) is 0 Å². The van der Waals surface area contributed by atoms with Gasteiger partial charge in [0.25, 0.3) is 0 Å². The third-order valence-electron chi connectivity index (χ3n) is 8.42. The normalized spacial score (nSPS) is 42.2. The Hall–Kier alpha value is -1.12. The summed E-state index contributed by atoms with van der Waals surface area (Å²) in [6.07, 6.45) is 9.19. The summed E-state index contributed by atoms with van der Waals surface area (Å²) in [7, 11) is 0. The molecule has 2 unspecified atom stereocenters. The first-order valence-corrected chi connectivity index (χ1v) is 10.8. The van der Waals surface area contributed by atoms with Gasteiger partial charge in [0.1, 0.15) is 5.78 Å². The summed E-state index contributed by atoms with van der Waals surface area (Å²) >= 11 is 0. The summed E-state index contributed by atoms with van der Waals surface area (Å²) in [5.41, 5.74) is 3.66. The van der Waals surface area contributed by atoms with Crippen molar-refractivity contribution in [1.29, 1.82) is 0 Å². The highest BCUT2D eigenvalue weighted by atomic mass is 16.1. The maximum atomic E-state index is 12.9. The van der Waals surface area contributed by atoms with E-state index in [1.54, 1.807) is 11.1 Å². The monoisotopic (exact) mass is 357 g/mol. The summed E-state index contributed by atoms with van der Waals surface area (Å²) in [5, 5.41) is 3.29. The number of Topliss-reactive ketones (excluding diaryl/α,β-unsaturated/α-hetero) is 1. The Balaban J connectivity index is 1.65. The quantitative estimate of drug-likeness (QED) is 0.737. The zero-order chi connectivity index (χ0) is 18.7. The number of rotatable bonds is 3. The van der Waals surface area contributed by atoms with Crippen molar-refractivity contribution in [3.8, 4) is 0 Å². The van der Waals surface area contributed by atoms with Crippen LogP contribution in [0.3, 0.4) is 0 Å². The molecule has 3 fully saturated rings. The largest absolute Gasteiger partial charge is 0.353 e. The second-order valence-corrected chi connectivity index (χ2v) is 10.3. The van der Waals surface area contributed by atoms with Crippen LogP contribution in [0.1, 0.15) is 85.5 Å². The lowest BCUT2D eigenvalue weighted by atomic mass is 9.52. The Morgan fingerprint density at radius 1 is 1.12 bits per heavy atom. The highest BCUT2D eigenvalue weighted by Gasteiger charge is 2.56. The average Bonchev–Trinajstić information content (AvgIpc) is 2.92. The molecular weight excluding hydrogens is 322 g/mol. The van der Waals surface area contributed by atoms with Gasteiger partial charge < -0.3 is 5.32 Å². The lowest BCUT2D eigenvalue weighted by molar-refractivity contribution is -0.129.